The van der Waals surface area contributed by atoms with Gasteiger partial charge in [-0.05, 0) is 22.3 Å². The molecule has 0 saturated heterocycles. The van der Waals surface area contributed by atoms with Crippen molar-refractivity contribution in [2.45, 2.75) is 0 Å². The lowest BCUT2D eigenvalue weighted by Gasteiger charge is -1.97. The van der Waals surface area contributed by atoms with Gasteiger partial charge in [-0.2, -0.15) is 0 Å². The summed E-state index contributed by atoms with van der Waals surface area (Å²) in [5.41, 5.74) is 2.06. The van der Waals surface area contributed by atoms with Gasteiger partial charge in [0, 0.05) is 5.39 Å². The summed E-state index contributed by atoms with van der Waals surface area (Å²) in [5.74, 6) is 0. The minimum atomic E-state index is 1.01. The van der Waals surface area contributed by atoms with Crippen LogP contribution in [0.15, 0.2) is 40.5 Å². The average Bonchev–Trinajstić information content (AvgIpc) is 2.18. The van der Waals surface area contributed by atoms with Crippen molar-refractivity contribution in [3.63, 3.8) is 0 Å². The van der Waals surface area contributed by atoms with E-state index in [1.54, 1.807) is 0 Å². The van der Waals surface area contributed by atoms with E-state index in [2.05, 4.69) is 39.7 Å². The molecule has 2 rings (SSSR count). The molecule has 2 heteroatoms. The van der Waals surface area contributed by atoms with Crippen molar-refractivity contribution >= 4 is 39.6 Å². The molecular formula is C11H8IN. The van der Waals surface area contributed by atoms with Gasteiger partial charge in [-0.3, -0.25) is 0 Å². The molecule has 0 aliphatic rings. The Bertz CT molecular complexity index is 449. The minimum absolute atomic E-state index is 1.01. The van der Waals surface area contributed by atoms with Crippen LogP contribution < -0.4 is 0 Å². The van der Waals surface area contributed by atoms with Gasteiger partial charge in [0.05, 0.1) is 11.2 Å². The van der Waals surface area contributed by atoms with E-state index in [0.29, 0.717) is 0 Å². The highest BCUT2D eigenvalue weighted by Crippen LogP contribution is 2.12. The molecule has 2 aromatic rings. The second-order valence-electron chi connectivity index (χ2n) is 2.72. The Morgan fingerprint density at radius 1 is 1.08 bits per heavy atom. The molecule has 0 radical (unpaired) electrons. The number of aromatic nitrogens is 1. The van der Waals surface area contributed by atoms with E-state index in [4.69, 9.17) is 0 Å². The van der Waals surface area contributed by atoms with E-state index in [-0.39, 0.29) is 0 Å². The first-order valence-electron chi connectivity index (χ1n) is 4.03. The van der Waals surface area contributed by atoms with Crippen LogP contribution in [0.2, 0.25) is 0 Å². The van der Waals surface area contributed by atoms with Gasteiger partial charge < -0.3 is 0 Å². The molecule has 0 N–H and O–H groups in total. The van der Waals surface area contributed by atoms with Gasteiger partial charge in [0.25, 0.3) is 0 Å². The van der Waals surface area contributed by atoms with Crippen LogP contribution in [0.4, 0.5) is 0 Å². The summed E-state index contributed by atoms with van der Waals surface area (Å²) < 4.78 is 1.97. The maximum atomic E-state index is 4.47. The van der Waals surface area contributed by atoms with Crippen LogP contribution in [-0.4, -0.2) is 4.98 Å². The van der Waals surface area contributed by atoms with Gasteiger partial charge in [-0.15, -0.1) is 0 Å². The van der Waals surface area contributed by atoms with Crippen LogP contribution in [0.1, 0.15) is 5.69 Å². The summed E-state index contributed by atoms with van der Waals surface area (Å²) in [4.78, 5) is 4.47. The normalized spacial score (nSPS) is 11.2. The van der Waals surface area contributed by atoms with Gasteiger partial charge in [0.1, 0.15) is 0 Å². The Labute approximate surface area is 90.6 Å². The number of fused-ring (bicyclic) bond motifs is 1. The number of hydrogen-bond donors (Lipinski definition) is 0. The first kappa shape index (κ1) is 8.69. The Morgan fingerprint density at radius 2 is 1.92 bits per heavy atom. The standard InChI is InChI=1S/C11H8IN/c12-8-7-10-6-5-9-3-1-2-4-11(9)13-10/h1-8H/b8-7+. The number of rotatable bonds is 1. The van der Waals surface area contributed by atoms with E-state index in [1.165, 1.54) is 5.39 Å². The zero-order valence-electron chi connectivity index (χ0n) is 6.94. The number of hydrogen-bond acceptors (Lipinski definition) is 1. The molecule has 1 aromatic carbocycles. The fourth-order valence-electron chi connectivity index (χ4n) is 1.24. The summed E-state index contributed by atoms with van der Waals surface area (Å²) >= 11 is 2.19. The lowest BCUT2D eigenvalue weighted by molar-refractivity contribution is 1.37. The van der Waals surface area contributed by atoms with Crippen LogP contribution in [0, 0.1) is 0 Å². The third-order valence-electron chi connectivity index (χ3n) is 1.85. The third kappa shape index (κ3) is 1.88. The smallest absolute Gasteiger partial charge is 0.0709 e. The molecule has 1 aromatic heterocycles. The Morgan fingerprint density at radius 3 is 2.77 bits per heavy atom. The maximum Gasteiger partial charge on any atom is 0.0709 e. The van der Waals surface area contributed by atoms with Crippen molar-refractivity contribution in [1.82, 2.24) is 4.98 Å². The monoisotopic (exact) mass is 281 g/mol. The summed E-state index contributed by atoms with van der Waals surface area (Å²) in [7, 11) is 0. The largest absolute Gasteiger partial charge is 0.248 e. The van der Waals surface area contributed by atoms with Crippen LogP contribution >= 0.6 is 22.6 Å². The minimum Gasteiger partial charge on any atom is -0.248 e. The molecule has 0 amide bonds. The van der Waals surface area contributed by atoms with Crippen molar-refractivity contribution in [1.29, 1.82) is 0 Å². The van der Waals surface area contributed by atoms with Crippen LogP contribution in [0.3, 0.4) is 0 Å². The van der Waals surface area contributed by atoms with E-state index in [9.17, 15) is 0 Å². The Balaban J connectivity index is 2.62. The SMILES string of the molecule is I/C=C/c1ccc2ccccc2n1. The lowest BCUT2D eigenvalue weighted by Crippen LogP contribution is -1.81. The highest BCUT2D eigenvalue weighted by atomic mass is 127. The number of halogens is 1. The molecule has 0 spiro atoms. The van der Waals surface area contributed by atoms with E-state index >= 15 is 0 Å². The van der Waals surface area contributed by atoms with Crippen LogP contribution in [-0.2, 0) is 0 Å². The molecule has 0 aliphatic carbocycles. The molecule has 0 bridgehead atoms. The second-order valence-corrected chi connectivity index (χ2v) is 3.44. The van der Waals surface area contributed by atoms with Gasteiger partial charge in [-0.1, -0.05) is 46.9 Å². The molecule has 1 nitrogen and oxygen atoms in total. The van der Waals surface area contributed by atoms with Gasteiger partial charge in [0.2, 0.25) is 0 Å². The number of benzene rings is 1. The lowest BCUT2D eigenvalue weighted by atomic mass is 10.2. The highest BCUT2D eigenvalue weighted by molar-refractivity contribution is 14.1. The van der Waals surface area contributed by atoms with Crippen molar-refractivity contribution < 1.29 is 0 Å². The van der Waals surface area contributed by atoms with E-state index in [1.807, 2.05) is 34.4 Å². The van der Waals surface area contributed by atoms with Crippen LogP contribution in [0.5, 0.6) is 0 Å². The average molecular weight is 281 g/mol. The van der Waals surface area contributed by atoms with Gasteiger partial charge >= 0.3 is 0 Å². The first-order valence-corrected chi connectivity index (χ1v) is 5.27. The fraction of sp³-hybridized carbons (Fsp3) is 0. The molecule has 1 heterocycles. The number of para-hydroxylation sites is 1. The van der Waals surface area contributed by atoms with E-state index in [0.717, 1.165) is 11.2 Å². The zero-order chi connectivity index (χ0) is 9.10. The van der Waals surface area contributed by atoms with Crippen molar-refractivity contribution in [2.24, 2.45) is 0 Å². The third-order valence-corrected chi connectivity index (χ3v) is 2.21. The Hall–Kier alpha value is -0.900. The fourth-order valence-corrected chi connectivity index (χ4v) is 1.61. The van der Waals surface area contributed by atoms with Crippen molar-refractivity contribution in [2.75, 3.05) is 0 Å². The van der Waals surface area contributed by atoms with E-state index < -0.39 is 0 Å². The maximum absolute atomic E-state index is 4.47. The predicted octanol–water partition coefficient (Wildman–Crippen LogP) is 3.64. The quantitative estimate of drug-likeness (QED) is 0.727. The zero-order valence-corrected chi connectivity index (χ0v) is 9.10. The summed E-state index contributed by atoms with van der Waals surface area (Å²) in [6, 6.07) is 12.2. The van der Waals surface area contributed by atoms with Gasteiger partial charge in [-0.25, -0.2) is 4.98 Å². The van der Waals surface area contributed by atoms with Crippen molar-refractivity contribution in [3.8, 4) is 0 Å². The molecule has 13 heavy (non-hydrogen) atoms. The molecule has 0 saturated carbocycles. The van der Waals surface area contributed by atoms with Crippen molar-refractivity contribution in [3.05, 3.63) is 46.2 Å². The highest BCUT2D eigenvalue weighted by Gasteiger charge is 1.93. The summed E-state index contributed by atoms with van der Waals surface area (Å²) in [6.45, 7) is 0. The molecule has 0 unspecified atom stereocenters. The summed E-state index contributed by atoms with van der Waals surface area (Å²) in [5, 5.41) is 1.19. The molecule has 0 fully saturated rings. The molecular weight excluding hydrogens is 273 g/mol. The first-order chi connectivity index (χ1) is 6.40. The predicted molar refractivity (Wildman–Crippen MR) is 64.8 cm³/mol. The molecule has 0 aliphatic heterocycles. The topological polar surface area (TPSA) is 12.9 Å². The second kappa shape index (κ2) is 3.87. The van der Waals surface area contributed by atoms with Gasteiger partial charge in [0.15, 0.2) is 0 Å². The number of pyridine rings is 1. The summed E-state index contributed by atoms with van der Waals surface area (Å²) in [6.07, 6.45) is 1.99. The van der Waals surface area contributed by atoms with Crippen LogP contribution in [0.25, 0.3) is 17.0 Å². The molecule has 0 atom stereocenters. The Kier molecular flexibility index (Phi) is 2.59. The molecule has 64 valence electrons. The number of nitrogens with zero attached hydrogens (tertiary/aromatic N) is 1.